The van der Waals surface area contributed by atoms with Crippen molar-refractivity contribution < 1.29 is 5.11 Å². The Morgan fingerprint density at radius 3 is 2.59 bits per heavy atom. The van der Waals surface area contributed by atoms with Gasteiger partial charge >= 0.3 is 0 Å². The zero-order chi connectivity index (χ0) is 12.9. The SMILES string of the molecule is CNc1ncnc(NCC(C)(C)CCO)c1Br. The second kappa shape index (κ2) is 6.16. The molecule has 0 aliphatic carbocycles. The van der Waals surface area contributed by atoms with Crippen molar-refractivity contribution in [3.63, 3.8) is 0 Å². The van der Waals surface area contributed by atoms with Crippen LogP contribution in [0.4, 0.5) is 11.6 Å². The van der Waals surface area contributed by atoms with Gasteiger partial charge in [-0.2, -0.15) is 0 Å². The Kier molecular flexibility index (Phi) is 5.14. The van der Waals surface area contributed by atoms with Crippen LogP contribution in [0.5, 0.6) is 0 Å². The van der Waals surface area contributed by atoms with Gasteiger partial charge in [-0.1, -0.05) is 13.8 Å². The summed E-state index contributed by atoms with van der Waals surface area (Å²) in [5.74, 6) is 1.51. The molecule has 0 saturated heterocycles. The number of nitrogens with one attached hydrogen (secondary N) is 2. The normalized spacial score (nSPS) is 11.4. The van der Waals surface area contributed by atoms with E-state index in [1.165, 1.54) is 6.33 Å². The first kappa shape index (κ1) is 14.2. The summed E-state index contributed by atoms with van der Waals surface area (Å²) in [6.07, 6.45) is 2.26. The molecule has 0 bridgehead atoms. The molecular formula is C11H19BrN4O. The lowest BCUT2D eigenvalue weighted by molar-refractivity contribution is 0.220. The molecule has 0 aliphatic heterocycles. The van der Waals surface area contributed by atoms with Crippen molar-refractivity contribution in [2.45, 2.75) is 20.3 Å². The zero-order valence-corrected chi connectivity index (χ0v) is 12.0. The number of halogens is 1. The highest BCUT2D eigenvalue weighted by Crippen LogP contribution is 2.27. The van der Waals surface area contributed by atoms with Crippen LogP contribution in [0, 0.1) is 5.41 Å². The quantitative estimate of drug-likeness (QED) is 0.751. The summed E-state index contributed by atoms with van der Waals surface area (Å²) < 4.78 is 0.822. The van der Waals surface area contributed by atoms with Crippen molar-refractivity contribution in [1.82, 2.24) is 9.97 Å². The smallest absolute Gasteiger partial charge is 0.145 e. The predicted molar refractivity (Wildman–Crippen MR) is 73.3 cm³/mol. The minimum Gasteiger partial charge on any atom is -0.396 e. The largest absolute Gasteiger partial charge is 0.396 e. The summed E-state index contributed by atoms with van der Waals surface area (Å²) in [7, 11) is 1.81. The lowest BCUT2D eigenvalue weighted by Gasteiger charge is -2.24. The molecule has 0 unspecified atom stereocenters. The summed E-state index contributed by atoms with van der Waals surface area (Å²) in [5, 5.41) is 15.2. The van der Waals surface area contributed by atoms with Crippen molar-refractivity contribution >= 4 is 27.6 Å². The fourth-order valence-electron chi connectivity index (χ4n) is 1.38. The molecule has 0 aliphatic rings. The van der Waals surface area contributed by atoms with Crippen LogP contribution in [0.15, 0.2) is 10.8 Å². The van der Waals surface area contributed by atoms with Gasteiger partial charge in [-0.05, 0) is 27.8 Å². The van der Waals surface area contributed by atoms with Gasteiger partial charge in [0, 0.05) is 20.2 Å². The van der Waals surface area contributed by atoms with E-state index in [1.807, 2.05) is 7.05 Å². The number of anilines is 2. The average molecular weight is 303 g/mol. The molecule has 0 aromatic carbocycles. The van der Waals surface area contributed by atoms with Crippen molar-refractivity contribution in [1.29, 1.82) is 0 Å². The standard InChI is InChI=1S/C11H19BrN4O/c1-11(2,4-5-17)6-14-10-8(12)9(13-3)15-7-16-10/h7,17H,4-6H2,1-3H3,(H2,13,14,15,16). The third-order valence-electron chi connectivity index (χ3n) is 2.55. The molecule has 3 N–H and O–H groups in total. The van der Waals surface area contributed by atoms with Gasteiger partial charge in [0.05, 0.1) is 0 Å². The molecule has 0 saturated carbocycles. The molecular weight excluding hydrogens is 284 g/mol. The lowest BCUT2D eigenvalue weighted by Crippen LogP contribution is -2.24. The number of hydrogen-bond donors (Lipinski definition) is 3. The summed E-state index contributed by atoms with van der Waals surface area (Å²) in [6, 6.07) is 0. The number of nitrogens with zero attached hydrogens (tertiary/aromatic N) is 2. The van der Waals surface area contributed by atoms with Gasteiger partial charge < -0.3 is 15.7 Å². The third kappa shape index (κ3) is 4.12. The van der Waals surface area contributed by atoms with Gasteiger partial charge in [0.1, 0.15) is 22.4 Å². The van der Waals surface area contributed by atoms with Crippen LogP contribution in [-0.2, 0) is 0 Å². The number of rotatable bonds is 6. The second-order valence-electron chi connectivity index (χ2n) is 4.63. The van der Waals surface area contributed by atoms with E-state index in [1.54, 1.807) is 0 Å². The Bertz CT molecular complexity index is 370. The van der Waals surface area contributed by atoms with Crippen molar-refractivity contribution in [2.24, 2.45) is 5.41 Å². The van der Waals surface area contributed by atoms with Gasteiger partial charge in [0.15, 0.2) is 0 Å². The summed E-state index contributed by atoms with van der Waals surface area (Å²) in [5.41, 5.74) is 0.0267. The van der Waals surface area contributed by atoms with E-state index in [9.17, 15) is 0 Å². The van der Waals surface area contributed by atoms with Crippen LogP contribution >= 0.6 is 15.9 Å². The summed E-state index contributed by atoms with van der Waals surface area (Å²) >= 11 is 3.45. The molecule has 0 atom stereocenters. The third-order valence-corrected chi connectivity index (χ3v) is 3.30. The molecule has 1 aromatic rings. The number of aromatic nitrogens is 2. The fourth-order valence-corrected chi connectivity index (χ4v) is 1.92. The molecule has 6 heteroatoms. The molecule has 17 heavy (non-hydrogen) atoms. The van der Waals surface area contributed by atoms with E-state index >= 15 is 0 Å². The van der Waals surface area contributed by atoms with E-state index < -0.39 is 0 Å². The van der Waals surface area contributed by atoms with Crippen LogP contribution in [0.1, 0.15) is 20.3 Å². The van der Waals surface area contributed by atoms with Gasteiger partial charge in [0.2, 0.25) is 0 Å². The molecule has 0 radical (unpaired) electrons. The highest BCUT2D eigenvalue weighted by molar-refractivity contribution is 9.10. The van der Waals surface area contributed by atoms with Gasteiger partial charge in [0.25, 0.3) is 0 Å². The van der Waals surface area contributed by atoms with Crippen LogP contribution in [0.2, 0.25) is 0 Å². The monoisotopic (exact) mass is 302 g/mol. The highest BCUT2D eigenvalue weighted by atomic mass is 79.9. The maximum atomic E-state index is 8.96. The van der Waals surface area contributed by atoms with E-state index in [0.717, 1.165) is 29.1 Å². The molecule has 0 spiro atoms. The van der Waals surface area contributed by atoms with Gasteiger partial charge in [-0.3, -0.25) is 0 Å². The van der Waals surface area contributed by atoms with Crippen LogP contribution in [-0.4, -0.2) is 35.3 Å². The van der Waals surface area contributed by atoms with Gasteiger partial charge in [-0.25, -0.2) is 9.97 Å². The van der Waals surface area contributed by atoms with Crippen LogP contribution in [0.3, 0.4) is 0 Å². The lowest BCUT2D eigenvalue weighted by atomic mass is 9.90. The molecule has 5 nitrogen and oxygen atoms in total. The Hall–Kier alpha value is -0.880. The summed E-state index contributed by atoms with van der Waals surface area (Å²) in [4.78, 5) is 8.27. The van der Waals surface area contributed by atoms with Crippen LogP contribution in [0.25, 0.3) is 0 Å². The zero-order valence-electron chi connectivity index (χ0n) is 10.4. The number of aliphatic hydroxyl groups excluding tert-OH is 1. The molecule has 96 valence electrons. The first-order chi connectivity index (χ1) is 8.00. The highest BCUT2D eigenvalue weighted by Gasteiger charge is 2.18. The van der Waals surface area contributed by atoms with E-state index in [4.69, 9.17) is 5.11 Å². The summed E-state index contributed by atoms with van der Waals surface area (Å²) in [6.45, 7) is 5.14. The van der Waals surface area contributed by atoms with Crippen LogP contribution < -0.4 is 10.6 Å². The van der Waals surface area contributed by atoms with Crippen molar-refractivity contribution in [3.8, 4) is 0 Å². The first-order valence-corrected chi connectivity index (χ1v) is 6.32. The molecule has 0 fully saturated rings. The van der Waals surface area contributed by atoms with Crippen molar-refractivity contribution in [3.05, 3.63) is 10.8 Å². The second-order valence-corrected chi connectivity index (χ2v) is 5.42. The van der Waals surface area contributed by atoms with E-state index in [2.05, 4.69) is 50.4 Å². The van der Waals surface area contributed by atoms with E-state index in [0.29, 0.717) is 0 Å². The Morgan fingerprint density at radius 2 is 2.00 bits per heavy atom. The van der Waals surface area contributed by atoms with E-state index in [-0.39, 0.29) is 12.0 Å². The Labute approximate surface area is 110 Å². The van der Waals surface area contributed by atoms with Crippen molar-refractivity contribution in [2.75, 3.05) is 30.8 Å². The topological polar surface area (TPSA) is 70.1 Å². The predicted octanol–water partition coefficient (Wildman–Crippen LogP) is 2.10. The maximum absolute atomic E-state index is 8.96. The molecule has 0 amide bonds. The molecule has 1 heterocycles. The Morgan fingerprint density at radius 1 is 1.35 bits per heavy atom. The maximum Gasteiger partial charge on any atom is 0.145 e. The minimum absolute atomic E-state index is 0.0267. The molecule has 1 aromatic heterocycles. The average Bonchev–Trinajstić information content (AvgIpc) is 2.28. The molecule has 1 rings (SSSR count). The Balaban J connectivity index is 2.69. The number of hydrogen-bond acceptors (Lipinski definition) is 5. The minimum atomic E-state index is 0.0267. The first-order valence-electron chi connectivity index (χ1n) is 5.53. The number of aliphatic hydroxyl groups is 1. The van der Waals surface area contributed by atoms with Gasteiger partial charge in [-0.15, -0.1) is 0 Å². The fraction of sp³-hybridized carbons (Fsp3) is 0.636.